The van der Waals surface area contributed by atoms with E-state index in [0.717, 1.165) is 16.9 Å². The summed E-state index contributed by atoms with van der Waals surface area (Å²) in [6.45, 7) is 6.65. The predicted molar refractivity (Wildman–Crippen MR) is 43.5 cm³/mol. The van der Waals surface area contributed by atoms with Crippen LogP contribution in [-0.2, 0) is 0 Å². The maximum absolute atomic E-state index is 4.17. The first kappa shape index (κ1) is 7.22. The minimum Gasteiger partial charge on any atom is -0.250 e. The molecule has 0 saturated carbocycles. The van der Waals surface area contributed by atoms with Crippen LogP contribution >= 0.6 is 0 Å². The predicted octanol–water partition coefficient (Wildman–Crippen LogP) is 1.52. The van der Waals surface area contributed by atoms with Crippen molar-refractivity contribution in [3.8, 4) is 0 Å². The van der Waals surface area contributed by atoms with Gasteiger partial charge in [0.1, 0.15) is 12.7 Å². The molecule has 0 spiro atoms. The Morgan fingerprint density at radius 1 is 1.80 bits per heavy atom. The average Bonchev–Trinajstić information content (AvgIpc) is 2.15. The smallest absolute Gasteiger partial charge is 0.204 e. The lowest BCUT2D eigenvalue weighted by molar-refractivity contribution is -0.757. The van der Waals surface area contributed by atoms with Crippen LogP contribution in [0.15, 0.2) is 30.0 Å². The van der Waals surface area contributed by atoms with Crippen LogP contribution in [0.25, 0.3) is 0 Å². The first-order valence-corrected chi connectivity index (χ1v) is 3.38. The van der Waals surface area contributed by atoms with E-state index in [1.807, 2.05) is 19.2 Å². The van der Waals surface area contributed by atoms with Crippen molar-refractivity contribution < 1.29 is 4.48 Å². The molecule has 0 aliphatic carbocycles. The lowest BCUT2D eigenvalue weighted by Crippen LogP contribution is -2.40. The molecule has 0 saturated heterocycles. The Balaban J connectivity index is 2.77. The van der Waals surface area contributed by atoms with Crippen LogP contribution in [0.2, 0.25) is 0 Å². The normalized spacial score (nSPS) is 30.4. The Kier molecular flexibility index (Phi) is 1.72. The lowest BCUT2D eigenvalue weighted by Gasteiger charge is -2.23. The van der Waals surface area contributed by atoms with Crippen molar-refractivity contribution >= 4 is 5.84 Å². The fraction of sp³-hybridized carbons (Fsp3) is 0.375. The standard InChI is InChI=1S/C8H13N2/c1-4-6-10(3)7-5-9-8(10)2/h4-5,7H,1,6H2,2-3H3/q+1. The van der Waals surface area contributed by atoms with Crippen molar-refractivity contribution in [1.82, 2.24) is 0 Å². The zero-order valence-electron chi connectivity index (χ0n) is 6.54. The number of amidine groups is 1. The van der Waals surface area contributed by atoms with E-state index in [2.05, 4.69) is 24.8 Å². The molecule has 0 amide bonds. The van der Waals surface area contributed by atoms with Gasteiger partial charge < -0.3 is 0 Å². The van der Waals surface area contributed by atoms with Gasteiger partial charge in [-0.3, -0.25) is 4.48 Å². The molecule has 10 heavy (non-hydrogen) atoms. The molecule has 1 aliphatic heterocycles. The summed E-state index contributed by atoms with van der Waals surface area (Å²) < 4.78 is 0.781. The third-order valence-corrected chi connectivity index (χ3v) is 1.90. The highest BCUT2D eigenvalue weighted by Crippen LogP contribution is 2.12. The van der Waals surface area contributed by atoms with Gasteiger partial charge in [0, 0.05) is 6.92 Å². The van der Waals surface area contributed by atoms with E-state index in [9.17, 15) is 0 Å². The molecule has 2 heteroatoms. The van der Waals surface area contributed by atoms with E-state index < -0.39 is 0 Å². The first-order valence-electron chi connectivity index (χ1n) is 3.38. The molecule has 0 aromatic heterocycles. The topological polar surface area (TPSA) is 12.4 Å². The highest BCUT2D eigenvalue weighted by molar-refractivity contribution is 5.75. The lowest BCUT2D eigenvalue weighted by atomic mass is 10.4. The minimum absolute atomic E-state index is 0.781. The zero-order chi connectivity index (χ0) is 7.61. The number of hydrogen-bond donors (Lipinski definition) is 0. The molecular weight excluding hydrogens is 124 g/mol. The van der Waals surface area contributed by atoms with Gasteiger partial charge in [-0.25, -0.2) is 4.99 Å². The maximum Gasteiger partial charge on any atom is 0.204 e. The van der Waals surface area contributed by atoms with E-state index >= 15 is 0 Å². The second kappa shape index (κ2) is 2.39. The number of hydrogen-bond acceptors (Lipinski definition) is 1. The van der Waals surface area contributed by atoms with Gasteiger partial charge in [-0.2, -0.15) is 0 Å². The second-order valence-corrected chi connectivity index (χ2v) is 2.71. The highest BCUT2D eigenvalue weighted by atomic mass is 15.4. The number of nitrogens with zero attached hydrogens (tertiary/aromatic N) is 2. The van der Waals surface area contributed by atoms with Crippen LogP contribution in [0, 0.1) is 0 Å². The summed E-state index contributed by atoms with van der Waals surface area (Å²) in [6, 6.07) is 0. The molecule has 1 rings (SSSR count). The molecule has 0 aromatic rings. The van der Waals surface area contributed by atoms with Crippen LogP contribution < -0.4 is 0 Å². The number of quaternary nitrogens is 1. The van der Waals surface area contributed by atoms with E-state index in [-0.39, 0.29) is 0 Å². The van der Waals surface area contributed by atoms with Gasteiger partial charge in [-0.15, -0.1) is 0 Å². The Hall–Kier alpha value is -0.890. The molecule has 0 aromatic carbocycles. The molecule has 1 aliphatic rings. The summed E-state index contributed by atoms with van der Waals surface area (Å²) in [6.07, 6.45) is 5.82. The van der Waals surface area contributed by atoms with E-state index in [0.29, 0.717) is 0 Å². The molecule has 1 unspecified atom stereocenters. The molecule has 0 N–H and O–H groups in total. The largest absolute Gasteiger partial charge is 0.250 e. The number of aliphatic imine (C=N–C) groups is 1. The van der Waals surface area contributed by atoms with Gasteiger partial charge in [-0.1, -0.05) is 6.58 Å². The van der Waals surface area contributed by atoms with Crippen molar-refractivity contribution in [3.63, 3.8) is 0 Å². The second-order valence-electron chi connectivity index (χ2n) is 2.71. The van der Waals surface area contributed by atoms with Gasteiger partial charge >= 0.3 is 0 Å². The van der Waals surface area contributed by atoms with Crippen molar-refractivity contribution in [3.05, 3.63) is 25.1 Å². The SMILES string of the molecule is C=CC[N+]1(C)C=CN=C1C. The molecule has 0 radical (unpaired) electrons. The third kappa shape index (κ3) is 1.02. The van der Waals surface area contributed by atoms with Crippen LogP contribution in [0.3, 0.4) is 0 Å². The van der Waals surface area contributed by atoms with Crippen molar-refractivity contribution in [1.29, 1.82) is 0 Å². The van der Waals surface area contributed by atoms with Crippen molar-refractivity contribution in [2.45, 2.75) is 6.92 Å². The van der Waals surface area contributed by atoms with Crippen LogP contribution in [-0.4, -0.2) is 23.9 Å². The molecule has 2 nitrogen and oxygen atoms in total. The molecule has 0 fully saturated rings. The number of rotatable bonds is 2. The molecule has 0 bridgehead atoms. The third-order valence-electron chi connectivity index (χ3n) is 1.90. The Labute approximate surface area is 61.8 Å². The van der Waals surface area contributed by atoms with Crippen LogP contribution in [0.5, 0.6) is 0 Å². The van der Waals surface area contributed by atoms with E-state index in [4.69, 9.17) is 0 Å². The molecule has 1 atom stereocenters. The van der Waals surface area contributed by atoms with Crippen LogP contribution in [0.4, 0.5) is 0 Å². The summed E-state index contributed by atoms with van der Waals surface area (Å²) in [5.74, 6) is 1.12. The van der Waals surface area contributed by atoms with Gasteiger partial charge in [-0.05, 0) is 6.08 Å². The van der Waals surface area contributed by atoms with Crippen molar-refractivity contribution in [2.75, 3.05) is 13.6 Å². The average molecular weight is 137 g/mol. The van der Waals surface area contributed by atoms with Crippen molar-refractivity contribution in [2.24, 2.45) is 4.99 Å². The van der Waals surface area contributed by atoms with Gasteiger partial charge in [0.25, 0.3) is 0 Å². The molecule has 1 heterocycles. The number of likely N-dealkylation sites (N-methyl/N-ethyl adjacent to an activating group) is 1. The Bertz CT molecular complexity index is 203. The first-order chi connectivity index (χ1) is 4.69. The minimum atomic E-state index is 0.781. The van der Waals surface area contributed by atoms with Crippen LogP contribution in [0.1, 0.15) is 6.92 Å². The highest BCUT2D eigenvalue weighted by Gasteiger charge is 2.24. The zero-order valence-corrected chi connectivity index (χ0v) is 6.54. The summed E-state index contributed by atoms with van der Waals surface area (Å²) >= 11 is 0. The summed E-state index contributed by atoms with van der Waals surface area (Å²) in [5.41, 5.74) is 0. The van der Waals surface area contributed by atoms with Gasteiger partial charge in [0.15, 0.2) is 0 Å². The monoisotopic (exact) mass is 137 g/mol. The Morgan fingerprint density at radius 2 is 2.50 bits per heavy atom. The molecular formula is C8H13N2+. The van der Waals surface area contributed by atoms with Gasteiger partial charge in [0.05, 0.1) is 13.2 Å². The molecule has 54 valence electrons. The fourth-order valence-corrected chi connectivity index (χ4v) is 0.989. The van der Waals surface area contributed by atoms with E-state index in [1.54, 1.807) is 0 Å². The van der Waals surface area contributed by atoms with E-state index in [1.165, 1.54) is 0 Å². The summed E-state index contributed by atoms with van der Waals surface area (Å²) in [7, 11) is 2.12. The van der Waals surface area contributed by atoms with Gasteiger partial charge in [0.2, 0.25) is 5.84 Å². The quantitative estimate of drug-likeness (QED) is 0.404. The Morgan fingerprint density at radius 3 is 2.90 bits per heavy atom. The summed E-state index contributed by atoms with van der Waals surface area (Å²) in [5, 5.41) is 0. The summed E-state index contributed by atoms with van der Waals surface area (Å²) in [4.78, 5) is 4.17. The maximum atomic E-state index is 4.17. The fourth-order valence-electron chi connectivity index (χ4n) is 0.989.